The molecule has 10 heteroatoms. The lowest BCUT2D eigenvalue weighted by atomic mass is 10.1. The predicted molar refractivity (Wildman–Crippen MR) is 107 cm³/mol. The Labute approximate surface area is 173 Å². The Kier molecular flexibility index (Phi) is 7.82. The van der Waals surface area contributed by atoms with Crippen LogP contribution in [-0.4, -0.2) is 26.3 Å². The van der Waals surface area contributed by atoms with E-state index < -0.39 is 27.9 Å². The molecule has 0 bridgehead atoms. The SMILES string of the molecule is NC(=O)CC[C@@H](NS(=O)(=O)c1ccc(Cl)cc1)C(=O)NCc1ccc(Cl)cc1. The van der Waals surface area contributed by atoms with E-state index in [4.69, 9.17) is 28.9 Å². The first-order valence-corrected chi connectivity index (χ1v) is 10.5. The lowest BCUT2D eigenvalue weighted by molar-refractivity contribution is -0.123. The van der Waals surface area contributed by atoms with E-state index in [-0.39, 0.29) is 24.3 Å². The average Bonchev–Trinajstić information content (AvgIpc) is 2.64. The normalized spacial score (nSPS) is 12.4. The summed E-state index contributed by atoms with van der Waals surface area (Å²) in [6, 6.07) is 11.2. The summed E-state index contributed by atoms with van der Waals surface area (Å²) < 4.78 is 27.4. The Hall–Kier alpha value is -2.13. The van der Waals surface area contributed by atoms with Crippen LogP contribution in [0, 0.1) is 0 Å². The van der Waals surface area contributed by atoms with Crippen LogP contribution < -0.4 is 15.8 Å². The van der Waals surface area contributed by atoms with Gasteiger partial charge in [-0.25, -0.2) is 8.42 Å². The Balaban J connectivity index is 2.11. The van der Waals surface area contributed by atoms with Gasteiger partial charge in [-0.05, 0) is 48.4 Å². The van der Waals surface area contributed by atoms with Crippen molar-refractivity contribution < 1.29 is 18.0 Å². The first kappa shape index (κ1) is 22.2. The molecule has 150 valence electrons. The molecular weight excluding hydrogens is 425 g/mol. The molecule has 0 saturated heterocycles. The number of nitrogens with one attached hydrogen (secondary N) is 2. The fourth-order valence-corrected chi connectivity index (χ4v) is 3.80. The van der Waals surface area contributed by atoms with E-state index in [0.717, 1.165) is 5.56 Å². The molecule has 28 heavy (non-hydrogen) atoms. The van der Waals surface area contributed by atoms with Gasteiger partial charge in [0.05, 0.1) is 4.90 Å². The van der Waals surface area contributed by atoms with Crippen molar-refractivity contribution in [3.63, 3.8) is 0 Å². The number of nitrogens with two attached hydrogens (primary N) is 1. The van der Waals surface area contributed by atoms with Crippen LogP contribution in [0.4, 0.5) is 0 Å². The Morgan fingerprint density at radius 1 is 0.964 bits per heavy atom. The van der Waals surface area contributed by atoms with E-state index in [9.17, 15) is 18.0 Å². The van der Waals surface area contributed by atoms with Gasteiger partial charge in [0.25, 0.3) is 0 Å². The number of benzene rings is 2. The molecule has 2 rings (SSSR count). The van der Waals surface area contributed by atoms with E-state index in [0.29, 0.717) is 10.0 Å². The summed E-state index contributed by atoms with van der Waals surface area (Å²) in [5, 5.41) is 3.58. The van der Waals surface area contributed by atoms with Crippen molar-refractivity contribution in [2.45, 2.75) is 30.3 Å². The van der Waals surface area contributed by atoms with Gasteiger partial charge in [0.15, 0.2) is 0 Å². The van der Waals surface area contributed by atoms with Gasteiger partial charge in [0, 0.05) is 23.0 Å². The topological polar surface area (TPSA) is 118 Å². The highest BCUT2D eigenvalue weighted by atomic mass is 35.5. The average molecular weight is 444 g/mol. The van der Waals surface area contributed by atoms with Crippen LogP contribution >= 0.6 is 23.2 Å². The molecule has 0 heterocycles. The number of halogens is 2. The molecule has 7 nitrogen and oxygen atoms in total. The van der Waals surface area contributed by atoms with Crippen molar-refractivity contribution >= 4 is 45.0 Å². The molecular formula is C18H19Cl2N3O4S. The minimum Gasteiger partial charge on any atom is -0.370 e. The molecule has 4 N–H and O–H groups in total. The van der Waals surface area contributed by atoms with Gasteiger partial charge in [0.2, 0.25) is 21.8 Å². The van der Waals surface area contributed by atoms with E-state index in [1.54, 1.807) is 24.3 Å². The quantitative estimate of drug-likeness (QED) is 0.550. The van der Waals surface area contributed by atoms with E-state index >= 15 is 0 Å². The summed E-state index contributed by atoms with van der Waals surface area (Å²) in [6.07, 6.45) is -0.225. The van der Waals surface area contributed by atoms with Crippen molar-refractivity contribution in [3.05, 3.63) is 64.1 Å². The van der Waals surface area contributed by atoms with Crippen LogP contribution in [0.25, 0.3) is 0 Å². The number of hydrogen-bond acceptors (Lipinski definition) is 4. The van der Waals surface area contributed by atoms with E-state index in [1.807, 2.05) is 0 Å². The number of sulfonamides is 1. The van der Waals surface area contributed by atoms with Crippen LogP contribution in [-0.2, 0) is 26.2 Å². The fourth-order valence-electron chi connectivity index (χ4n) is 2.31. The lowest BCUT2D eigenvalue weighted by Crippen LogP contribution is -2.46. The molecule has 0 aliphatic heterocycles. The summed E-state index contributed by atoms with van der Waals surface area (Å²) in [4.78, 5) is 23.6. The first-order valence-electron chi connectivity index (χ1n) is 8.26. The molecule has 2 aromatic rings. The lowest BCUT2D eigenvalue weighted by Gasteiger charge is -2.18. The maximum Gasteiger partial charge on any atom is 0.241 e. The molecule has 0 unspecified atom stereocenters. The van der Waals surface area contributed by atoms with Crippen LogP contribution in [0.1, 0.15) is 18.4 Å². The van der Waals surface area contributed by atoms with Crippen molar-refractivity contribution in [1.29, 1.82) is 0 Å². The maximum atomic E-state index is 12.5. The highest BCUT2D eigenvalue weighted by molar-refractivity contribution is 7.89. The van der Waals surface area contributed by atoms with Crippen LogP contribution in [0.15, 0.2) is 53.4 Å². The summed E-state index contributed by atoms with van der Waals surface area (Å²) in [6.45, 7) is 0.172. The van der Waals surface area contributed by atoms with Crippen molar-refractivity contribution in [2.24, 2.45) is 5.73 Å². The number of primary amides is 1. The highest BCUT2D eigenvalue weighted by Gasteiger charge is 2.26. The largest absolute Gasteiger partial charge is 0.370 e. The molecule has 1 atom stereocenters. The smallest absolute Gasteiger partial charge is 0.241 e. The summed E-state index contributed by atoms with van der Waals surface area (Å²) >= 11 is 11.6. The van der Waals surface area contributed by atoms with Gasteiger partial charge in [-0.3, -0.25) is 9.59 Å². The maximum absolute atomic E-state index is 12.5. The van der Waals surface area contributed by atoms with Gasteiger partial charge in [-0.1, -0.05) is 35.3 Å². The highest BCUT2D eigenvalue weighted by Crippen LogP contribution is 2.15. The Bertz CT molecular complexity index is 932. The summed E-state index contributed by atoms with van der Waals surface area (Å²) in [5.74, 6) is -1.21. The van der Waals surface area contributed by atoms with E-state index in [2.05, 4.69) is 10.0 Å². The molecule has 0 saturated carbocycles. The Morgan fingerprint density at radius 3 is 2.04 bits per heavy atom. The van der Waals surface area contributed by atoms with E-state index in [1.165, 1.54) is 24.3 Å². The molecule has 0 radical (unpaired) electrons. The van der Waals surface area contributed by atoms with Crippen LogP contribution in [0.3, 0.4) is 0 Å². The first-order chi connectivity index (χ1) is 13.2. The molecule has 2 amide bonds. The zero-order valence-corrected chi connectivity index (χ0v) is 17.0. The molecule has 0 aromatic heterocycles. The second-order valence-electron chi connectivity index (χ2n) is 5.98. The molecule has 0 aliphatic carbocycles. The number of amides is 2. The number of carbonyl (C=O) groups excluding carboxylic acids is 2. The standard InChI is InChI=1S/C18H19Cl2N3O4S/c19-13-3-1-12(2-4-13)11-22-18(25)16(9-10-17(21)24)23-28(26,27)15-7-5-14(20)6-8-15/h1-8,16,23H,9-11H2,(H2,21,24)(H,22,25)/t16-/m1/s1. The molecule has 0 aliphatic rings. The minimum atomic E-state index is -4.00. The monoisotopic (exact) mass is 443 g/mol. The fraction of sp³-hybridized carbons (Fsp3) is 0.222. The van der Waals surface area contributed by atoms with Gasteiger partial charge in [-0.2, -0.15) is 4.72 Å². The Morgan fingerprint density at radius 2 is 1.50 bits per heavy atom. The van der Waals surface area contributed by atoms with Gasteiger partial charge in [0.1, 0.15) is 6.04 Å². The number of carbonyl (C=O) groups is 2. The minimum absolute atomic E-state index is 0.0496. The number of rotatable bonds is 9. The molecule has 0 fully saturated rings. The van der Waals surface area contributed by atoms with Gasteiger partial charge >= 0.3 is 0 Å². The second-order valence-corrected chi connectivity index (χ2v) is 8.56. The second kappa shape index (κ2) is 9.88. The number of hydrogen-bond donors (Lipinski definition) is 3. The van der Waals surface area contributed by atoms with Crippen molar-refractivity contribution in [2.75, 3.05) is 0 Å². The van der Waals surface area contributed by atoms with Crippen molar-refractivity contribution in [1.82, 2.24) is 10.0 Å². The van der Waals surface area contributed by atoms with Gasteiger partial charge < -0.3 is 11.1 Å². The van der Waals surface area contributed by atoms with Gasteiger partial charge in [-0.15, -0.1) is 0 Å². The predicted octanol–water partition coefficient (Wildman–Crippen LogP) is 2.22. The summed E-state index contributed by atoms with van der Waals surface area (Å²) in [5.41, 5.74) is 5.92. The van der Waals surface area contributed by atoms with Crippen LogP contribution in [0.2, 0.25) is 10.0 Å². The third-order valence-corrected chi connectivity index (χ3v) is 5.79. The zero-order valence-electron chi connectivity index (χ0n) is 14.7. The third-order valence-electron chi connectivity index (χ3n) is 3.80. The molecule has 0 spiro atoms. The third kappa shape index (κ3) is 6.79. The zero-order chi connectivity index (χ0) is 20.7. The van der Waals surface area contributed by atoms with Crippen molar-refractivity contribution in [3.8, 4) is 0 Å². The summed E-state index contributed by atoms with van der Waals surface area (Å²) in [7, 11) is -4.00. The molecule has 2 aromatic carbocycles. The van der Waals surface area contributed by atoms with Crippen LogP contribution in [0.5, 0.6) is 0 Å².